The molecular formula is C24H25ClN4O2. The zero-order chi connectivity index (χ0) is 22.0. The molecule has 3 aromatic rings. The second kappa shape index (κ2) is 8.94. The van der Waals surface area contributed by atoms with Crippen molar-refractivity contribution in [3.63, 3.8) is 0 Å². The lowest BCUT2D eigenvalue weighted by molar-refractivity contribution is 0.0764. The summed E-state index contributed by atoms with van der Waals surface area (Å²) in [6.07, 6.45) is 0.718. The molecule has 0 atom stereocenters. The lowest BCUT2D eigenvalue weighted by atomic mass is 10.0. The van der Waals surface area contributed by atoms with E-state index in [0.717, 1.165) is 28.6 Å². The highest BCUT2D eigenvalue weighted by Crippen LogP contribution is 2.22. The Labute approximate surface area is 186 Å². The van der Waals surface area contributed by atoms with E-state index in [1.807, 2.05) is 43.0 Å². The zero-order valence-electron chi connectivity index (χ0n) is 17.7. The fraction of sp³-hybridized carbons (Fsp3) is 0.292. The van der Waals surface area contributed by atoms with Crippen molar-refractivity contribution in [3.8, 4) is 0 Å². The Hall–Kier alpha value is -3.12. The van der Waals surface area contributed by atoms with Gasteiger partial charge in [0.25, 0.3) is 5.91 Å². The summed E-state index contributed by atoms with van der Waals surface area (Å²) in [5.41, 5.74) is 4.06. The molecule has 1 aromatic heterocycles. The molecule has 6 nitrogen and oxygen atoms in total. The van der Waals surface area contributed by atoms with Crippen molar-refractivity contribution in [1.29, 1.82) is 0 Å². The highest BCUT2D eigenvalue weighted by Gasteiger charge is 2.24. The molecule has 0 aliphatic carbocycles. The van der Waals surface area contributed by atoms with Crippen LogP contribution in [-0.2, 0) is 0 Å². The molecule has 1 N–H and O–H groups in total. The molecule has 1 aliphatic rings. The van der Waals surface area contributed by atoms with Crippen molar-refractivity contribution in [2.24, 2.45) is 0 Å². The highest BCUT2D eigenvalue weighted by molar-refractivity contribution is 6.30. The number of aryl methyl sites for hydroxylation is 2. The lowest BCUT2D eigenvalue weighted by Gasteiger charge is -2.23. The van der Waals surface area contributed by atoms with Gasteiger partial charge in [-0.2, -0.15) is 0 Å². The van der Waals surface area contributed by atoms with Crippen LogP contribution in [0.4, 0.5) is 10.5 Å². The van der Waals surface area contributed by atoms with Gasteiger partial charge in [0.15, 0.2) is 0 Å². The number of urea groups is 1. The van der Waals surface area contributed by atoms with Gasteiger partial charge in [0.2, 0.25) is 0 Å². The molecular weight excluding hydrogens is 412 g/mol. The van der Waals surface area contributed by atoms with Crippen molar-refractivity contribution < 1.29 is 9.59 Å². The fourth-order valence-electron chi connectivity index (χ4n) is 3.91. The number of aromatic nitrogens is 1. The Balaban J connectivity index is 1.49. The van der Waals surface area contributed by atoms with Crippen molar-refractivity contribution in [2.45, 2.75) is 20.3 Å². The molecule has 0 saturated carbocycles. The second-order valence-electron chi connectivity index (χ2n) is 7.91. The molecule has 1 fully saturated rings. The van der Waals surface area contributed by atoms with E-state index in [1.165, 1.54) is 0 Å². The lowest BCUT2D eigenvalue weighted by Crippen LogP contribution is -2.39. The first-order chi connectivity index (χ1) is 14.9. The van der Waals surface area contributed by atoms with Crippen molar-refractivity contribution in [3.05, 3.63) is 70.4 Å². The normalized spacial score (nSPS) is 14.4. The molecule has 1 aliphatic heterocycles. The quantitative estimate of drug-likeness (QED) is 0.622. The number of benzene rings is 2. The third-order valence-corrected chi connectivity index (χ3v) is 5.70. The number of carbonyl (C=O) groups is 2. The molecule has 4 rings (SSSR count). The second-order valence-corrected chi connectivity index (χ2v) is 8.34. The standard InChI is InChI=1S/C24H25ClN4O2/c1-16-7-8-22-20(13-16)21(14-17(2)26-22)23(30)28-9-4-10-29(12-11-28)24(31)27-19-6-3-5-18(25)15-19/h3,5-8,13-15H,4,9-12H2,1-2H3,(H,27,31). The highest BCUT2D eigenvalue weighted by atomic mass is 35.5. The van der Waals surface area contributed by atoms with E-state index < -0.39 is 0 Å². The summed E-state index contributed by atoms with van der Waals surface area (Å²) >= 11 is 6.00. The summed E-state index contributed by atoms with van der Waals surface area (Å²) in [4.78, 5) is 34.2. The number of fused-ring (bicyclic) bond motifs is 1. The van der Waals surface area contributed by atoms with Crippen LogP contribution in [0, 0.1) is 13.8 Å². The first-order valence-corrected chi connectivity index (χ1v) is 10.8. The Morgan fingerprint density at radius 1 is 0.968 bits per heavy atom. The number of nitrogens with one attached hydrogen (secondary N) is 1. The summed E-state index contributed by atoms with van der Waals surface area (Å²) in [6.45, 7) is 6.06. The number of halogens is 1. The maximum Gasteiger partial charge on any atom is 0.321 e. The Morgan fingerprint density at radius 3 is 2.55 bits per heavy atom. The summed E-state index contributed by atoms with van der Waals surface area (Å²) in [5.74, 6) is -0.0156. The smallest absolute Gasteiger partial charge is 0.321 e. The minimum atomic E-state index is -0.183. The summed E-state index contributed by atoms with van der Waals surface area (Å²) in [6, 6.07) is 14.7. The first kappa shape index (κ1) is 21.1. The van der Waals surface area contributed by atoms with Gasteiger partial charge in [-0.15, -0.1) is 0 Å². The van der Waals surface area contributed by atoms with E-state index in [1.54, 1.807) is 29.2 Å². The van der Waals surface area contributed by atoms with Crippen molar-refractivity contribution in [1.82, 2.24) is 14.8 Å². The van der Waals surface area contributed by atoms with Crippen molar-refractivity contribution in [2.75, 3.05) is 31.5 Å². The van der Waals surface area contributed by atoms with Crippen LogP contribution >= 0.6 is 11.6 Å². The molecule has 160 valence electrons. The number of amides is 3. The average molecular weight is 437 g/mol. The third kappa shape index (κ3) is 4.80. The Morgan fingerprint density at radius 2 is 1.74 bits per heavy atom. The molecule has 0 radical (unpaired) electrons. The van der Waals surface area contributed by atoms with E-state index in [2.05, 4.69) is 10.3 Å². The topological polar surface area (TPSA) is 65.5 Å². The molecule has 2 aromatic carbocycles. The molecule has 0 spiro atoms. The van der Waals surface area contributed by atoms with Gasteiger partial charge in [-0.1, -0.05) is 29.3 Å². The van der Waals surface area contributed by atoms with Gasteiger partial charge in [0.05, 0.1) is 11.1 Å². The Bertz CT molecular complexity index is 1150. The van der Waals surface area contributed by atoms with Gasteiger partial charge < -0.3 is 15.1 Å². The van der Waals surface area contributed by atoms with Crippen LogP contribution in [0.3, 0.4) is 0 Å². The number of rotatable bonds is 2. The van der Waals surface area contributed by atoms with Gasteiger partial charge in [0.1, 0.15) is 0 Å². The van der Waals surface area contributed by atoms with Gasteiger partial charge in [0, 0.05) is 48.0 Å². The van der Waals surface area contributed by atoms with Gasteiger partial charge in [-0.25, -0.2) is 4.79 Å². The van der Waals surface area contributed by atoms with Crippen LogP contribution < -0.4 is 5.32 Å². The molecule has 1 saturated heterocycles. The van der Waals surface area contributed by atoms with E-state index in [-0.39, 0.29) is 11.9 Å². The van der Waals surface area contributed by atoms with Gasteiger partial charge >= 0.3 is 6.03 Å². The van der Waals surface area contributed by atoms with E-state index in [4.69, 9.17) is 11.6 Å². The predicted molar refractivity (Wildman–Crippen MR) is 124 cm³/mol. The van der Waals surface area contributed by atoms with Crippen LogP contribution in [0.2, 0.25) is 5.02 Å². The summed E-state index contributed by atoms with van der Waals surface area (Å²) < 4.78 is 0. The number of nitrogens with zero attached hydrogens (tertiary/aromatic N) is 3. The van der Waals surface area contributed by atoms with Gasteiger partial charge in [-0.05, 0) is 56.7 Å². The number of hydrogen-bond acceptors (Lipinski definition) is 3. The van der Waals surface area contributed by atoms with Crippen LogP contribution in [0.25, 0.3) is 10.9 Å². The van der Waals surface area contributed by atoms with Crippen LogP contribution in [0.1, 0.15) is 28.0 Å². The zero-order valence-corrected chi connectivity index (χ0v) is 18.4. The maximum absolute atomic E-state index is 13.4. The first-order valence-electron chi connectivity index (χ1n) is 10.4. The van der Waals surface area contributed by atoms with E-state index in [0.29, 0.717) is 42.5 Å². The SMILES string of the molecule is Cc1ccc2nc(C)cc(C(=O)N3CCCN(C(=O)Nc4cccc(Cl)c4)CC3)c2c1. The molecule has 7 heteroatoms. The van der Waals surface area contributed by atoms with Crippen LogP contribution in [0.5, 0.6) is 0 Å². The molecule has 0 bridgehead atoms. The van der Waals surface area contributed by atoms with Crippen LogP contribution in [-0.4, -0.2) is 52.9 Å². The summed E-state index contributed by atoms with van der Waals surface area (Å²) in [7, 11) is 0. The Kier molecular flexibility index (Phi) is 6.09. The van der Waals surface area contributed by atoms with E-state index >= 15 is 0 Å². The number of anilines is 1. The molecule has 3 amide bonds. The molecule has 0 unspecified atom stereocenters. The maximum atomic E-state index is 13.4. The summed E-state index contributed by atoms with van der Waals surface area (Å²) in [5, 5.41) is 4.33. The minimum Gasteiger partial charge on any atom is -0.337 e. The fourth-order valence-corrected chi connectivity index (χ4v) is 4.10. The monoisotopic (exact) mass is 436 g/mol. The number of hydrogen-bond donors (Lipinski definition) is 1. The van der Waals surface area contributed by atoms with Gasteiger partial charge in [-0.3, -0.25) is 9.78 Å². The number of pyridine rings is 1. The third-order valence-electron chi connectivity index (χ3n) is 5.47. The molecule has 2 heterocycles. The largest absolute Gasteiger partial charge is 0.337 e. The van der Waals surface area contributed by atoms with Crippen LogP contribution in [0.15, 0.2) is 48.5 Å². The van der Waals surface area contributed by atoms with E-state index in [9.17, 15) is 9.59 Å². The molecule has 31 heavy (non-hydrogen) atoms. The average Bonchev–Trinajstić information content (AvgIpc) is 2.99. The predicted octanol–water partition coefficient (Wildman–Crippen LogP) is 4.89. The van der Waals surface area contributed by atoms with Crippen molar-refractivity contribution >= 4 is 40.1 Å². The number of carbonyl (C=O) groups excluding carboxylic acids is 2. The minimum absolute atomic E-state index is 0.0156.